The highest BCUT2D eigenvalue weighted by Gasteiger charge is 2.21. The van der Waals surface area contributed by atoms with E-state index in [0.29, 0.717) is 12.7 Å². The maximum atomic E-state index is 5.64. The van der Waals surface area contributed by atoms with Crippen molar-refractivity contribution in [1.29, 1.82) is 0 Å². The monoisotopic (exact) mass is 401 g/mol. The zero-order chi connectivity index (χ0) is 20.2. The van der Waals surface area contributed by atoms with Crippen LogP contribution in [0.15, 0.2) is 72.9 Å². The van der Waals surface area contributed by atoms with Gasteiger partial charge in [0.15, 0.2) is 11.4 Å². The van der Waals surface area contributed by atoms with Crippen LogP contribution in [0.25, 0.3) is 16.8 Å². The summed E-state index contributed by atoms with van der Waals surface area (Å²) in [5.74, 6) is 2.03. The number of rotatable bonds is 9. The van der Waals surface area contributed by atoms with Crippen LogP contribution in [0.1, 0.15) is 12.8 Å². The molecule has 0 spiro atoms. The number of hydrogen-bond donors (Lipinski definition) is 2. The first kappa shape index (κ1) is 18.4. The summed E-state index contributed by atoms with van der Waals surface area (Å²) < 4.78 is 7.40. The van der Waals surface area contributed by atoms with Gasteiger partial charge < -0.3 is 14.9 Å². The molecular weight excluding hydrogens is 378 g/mol. The molecule has 5 rings (SSSR count). The SMILES string of the molecule is c1ccc(NOc2ccc(-c3cccn4nc(NCOCC5CC5)nc34)cc2)cc1. The van der Waals surface area contributed by atoms with Crippen LogP contribution in [0.4, 0.5) is 11.6 Å². The number of pyridine rings is 1. The van der Waals surface area contributed by atoms with E-state index in [0.717, 1.165) is 40.7 Å². The van der Waals surface area contributed by atoms with Gasteiger partial charge in [-0.2, -0.15) is 4.98 Å². The Hall–Kier alpha value is -3.58. The third-order valence-electron chi connectivity index (χ3n) is 4.97. The van der Waals surface area contributed by atoms with E-state index < -0.39 is 0 Å². The van der Waals surface area contributed by atoms with Crippen molar-refractivity contribution < 1.29 is 9.57 Å². The molecule has 2 N–H and O–H groups in total. The van der Waals surface area contributed by atoms with E-state index in [1.807, 2.05) is 72.9 Å². The third kappa shape index (κ3) is 4.36. The molecule has 1 saturated carbocycles. The molecule has 2 heterocycles. The van der Waals surface area contributed by atoms with Gasteiger partial charge in [0, 0.05) is 11.8 Å². The predicted molar refractivity (Wildman–Crippen MR) is 116 cm³/mol. The number of nitrogens with zero attached hydrogens (tertiary/aromatic N) is 3. The second-order valence-electron chi connectivity index (χ2n) is 7.36. The van der Waals surface area contributed by atoms with Crippen molar-refractivity contribution in [2.75, 3.05) is 24.1 Å². The molecule has 0 atom stereocenters. The van der Waals surface area contributed by atoms with Gasteiger partial charge in [-0.05, 0) is 60.7 Å². The highest BCUT2D eigenvalue weighted by atomic mass is 16.6. The number of benzene rings is 2. The van der Waals surface area contributed by atoms with Gasteiger partial charge in [0.05, 0.1) is 12.3 Å². The molecule has 1 aliphatic rings. The molecule has 2 aromatic heterocycles. The van der Waals surface area contributed by atoms with Crippen molar-refractivity contribution in [3.05, 3.63) is 72.9 Å². The first-order chi connectivity index (χ1) is 14.8. The molecule has 0 radical (unpaired) electrons. The quantitative estimate of drug-likeness (QED) is 0.243. The van der Waals surface area contributed by atoms with Crippen LogP contribution in [0.3, 0.4) is 0 Å². The fourth-order valence-corrected chi connectivity index (χ4v) is 3.16. The lowest BCUT2D eigenvalue weighted by Crippen LogP contribution is -2.09. The average molecular weight is 401 g/mol. The smallest absolute Gasteiger partial charge is 0.244 e. The molecule has 0 bridgehead atoms. The fourth-order valence-electron chi connectivity index (χ4n) is 3.16. The molecule has 7 heteroatoms. The van der Waals surface area contributed by atoms with Gasteiger partial charge in [0.2, 0.25) is 5.95 Å². The van der Waals surface area contributed by atoms with E-state index in [1.54, 1.807) is 4.52 Å². The van der Waals surface area contributed by atoms with Crippen LogP contribution in [-0.2, 0) is 4.74 Å². The number of ether oxygens (including phenoxy) is 1. The van der Waals surface area contributed by atoms with Gasteiger partial charge in [0.25, 0.3) is 0 Å². The standard InChI is InChI=1S/C23H23N5O2/c1-2-5-19(6-3-1)27-30-20-12-10-18(11-13-20)21-7-4-14-28-22(21)25-23(26-28)24-16-29-15-17-8-9-17/h1-7,10-14,17,27H,8-9,15-16H2,(H,24,26). The number of nitrogens with one attached hydrogen (secondary N) is 2. The number of anilines is 2. The molecule has 7 nitrogen and oxygen atoms in total. The second kappa shape index (κ2) is 8.42. The van der Waals surface area contributed by atoms with E-state index in [1.165, 1.54) is 12.8 Å². The average Bonchev–Trinajstić information content (AvgIpc) is 3.53. The van der Waals surface area contributed by atoms with E-state index in [2.05, 4.69) is 20.9 Å². The lowest BCUT2D eigenvalue weighted by molar-refractivity contribution is 0.141. The van der Waals surface area contributed by atoms with E-state index >= 15 is 0 Å². The minimum Gasteiger partial charge on any atom is -0.382 e. The molecule has 1 fully saturated rings. The Bertz CT molecular complexity index is 1110. The Balaban J connectivity index is 1.27. The van der Waals surface area contributed by atoms with Gasteiger partial charge in [-0.3, -0.25) is 0 Å². The molecular formula is C23H23N5O2. The van der Waals surface area contributed by atoms with Crippen LogP contribution in [0, 0.1) is 5.92 Å². The first-order valence-corrected chi connectivity index (χ1v) is 10.1. The summed E-state index contributed by atoms with van der Waals surface area (Å²) in [4.78, 5) is 10.3. The third-order valence-corrected chi connectivity index (χ3v) is 4.97. The van der Waals surface area contributed by atoms with Gasteiger partial charge in [-0.25, -0.2) is 10.00 Å². The molecule has 152 valence electrons. The van der Waals surface area contributed by atoms with E-state index in [-0.39, 0.29) is 0 Å². The van der Waals surface area contributed by atoms with Crippen LogP contribution in [0.2, 0.25) is 0 Å². The molecule has 0 saturated heterocycles. The summed E-state index contributed by atoms with van der Waals surface area (Å²) in [5, 5.41) is 7.64. The molecule has 0 aliphatic heterocycles. The molecule has 1 aliphatic carbocycles. The summed E-state index contributed by atoms with van der Waals surface area (Å²) in [7, 11) is 0. The van der Waals surface area contributed by atoms with Crippen molar-refractivity contribution in [2.45, 2.75) is 12.8 Å². The number of hydrogen-bond acceptors (Lipinski definition) is 6. The summed E-state index contributed by atoms with van der Waals surface area (Å²) in [6, 6.07) is 21.6. The predicted octanol–water partition coefficient (Wildman–Crippen LogP) is 4.60. The van der Waals surface area contributed by atoms with Crippen LogP contribution in [-0.4, -0.2) is 27.9 Å². The molecule has 2 aromatic carbocycles. The zero-order valence-corrected chi connectivity index (χ0v) is 16.5. The Morgan fingerprint density at radius 1 is 0.967 bits per heavy atom. The lowest BCUT2D eigenvalue weighted by Gasteiger charge is -2.09. The highest BCUT2D eigenvalue weighted by molar-refractivity contribution is 5.78. The van der Waals surface area contributed by atoms with Crippen molar-refractivity contribution in [3.8, 4) is 16.9 Å². The maximum absolute atomic E-state index is 5.64. The number of para-hydroxylation sites is 1. The summed E-state index contributed by atoms with van der Waals surface area (Å²) in [6.07, 6.45) is 4.45. The van der Waals surface area contributed by atoms with Crippen molar-refractivity contribution >= 4 is 17.3 Å². The topological polar surface area (TPSA) is 72.7 Å². The van der Waals surface area contributed by atoms with Gasteiger partial charge in [0.1, 0.15) is 6.73 Å². The summed E-state index contributed by atoms with van der Waals surface area (Å²) in [6.45, 7) is 1.22. The van der Waals surface area contributed by atoms with Crippen LogP contribution in [0.5, 0.6) is 5.75 Å². The van der Waals surface area contributed by atoms with Gasteiger partial charge >= 0.3 is 0 Å². The molecule has 30 heavy (non-hydrogen) atoms. The second-order valence-corrected chi connectivity index (χ2v) is 7.36. The van der Waals surface area contributed by atoms with Gasteiger partial charge in [-0.15, -0.1) is 5.10 Å². The van der Waals surface area contributed by atoms with Crippen molar-refractivity contribution in [1.82, 2.24) is 14.6 Å². The normalized spacial score (nSPS) is 13.3. The Labute approximate surface area is 174 Å². The fraction of sp³-hybridized carbons (Fsp3) is 0.217. The highest BCUT2D eigenvalue weighted by Crippen LogP contribution is 2.29. The largest absolute Gasteiger partial charge is 0.382 e. The lowest BCUT2D eigenvalue weighted by atomic mass is 10.1. The van der Waals surface area contributed by atoms with Gasteiger partial charge in [-0.1, -0.05) is 30.3 Å². The minimum atomic E-state index is 0.420. The Morgan fingerprint density at radius 2 is 1.80 bits per heavy atom. The first-order valence-electron chi connectivity index (χ1n) is 10.1. The van der Waals surface area contributed by atoms with E-state index in [9.17, 15) is 0 Å². The van der Waals surface area contributed by atoms with E-state index in [4.69, 9.17) is 9.57 Å². The summed E-state index contributed by atoms with van der Waals surface area (Å²) >= 11 is 0. The Morgan fingerprint density at radius 3 is 2.60 bits per heavy atom. The Kier molecular flexibility index (Phi) is 5.18. The molecule has 0 amide bonds. The summed E-state index contributed by atoms with van der Waals surface area (Å²) in [5.41, 5.74) is 6.67. The van der Waals surface area contributed by atoms with Crippen LogP contribution < -0.4 is 15.6 Å². The minimum absolute atomic E-state index is 0.420. The van der Waals surface area contributed by atoms with Crippen molar-refractivity contribution in [3.63, 3.8) is 0 Å². The number of aromatic nitrogens is 3. The van der Waals surface area contributed by atoms with Crippen LogP contribution >= 0.6 is 0 Å². The number of fused-ring (bicyclic) bond motifs is 1. The maximum Gasteiger partial charge on any atom is 0.244 e. The van der Waals surface area contributed by atoms with Crippen molar-refractivity contribution in [2.24, 2.45) is 5.92 Å². The molecule has 4 aromatic rings. The zero-order valence-electron chi connectivity index (χ0n) is 16.5. The molecule has 0 unspecified atom stereocenters.